The summed E-state index contributed by atoms with van der Waals surface area (Å²) in [5.41, 5.74) is 3.73. The van der Waals surface area contributed by atoms with Crippen molar-refractivity contribution in [3.8, 4) is 0 Å². The van der Waals surface area contributed by atoms with Crippen molar-refractivity contribution in [1.29, 1.82) is 0 Å². The van der Waals surface area contributed by atoms with Crippen LogP contribution in [0, 0.1) is 6.92 Å². The average Bonchev–Trinajstić information content (AvgIpc) is 2.82. The number of nitrogens with one attached hydrogen (secondary N) is 1. The summed E-state index contributed by atoms with van der Waals surface area (Å²) in [6, 6.07) is 3.36. The third-order valence-corrected chi connectivity index (χ3v) is 2.99. The molecule has 106 valence electrons. The molecule has 0 aliphatic heterocycles. The molecule has 0 spiro atoms. The molecule has 0 aliphatic rings. The monoisotopic (exact) mass is 274 g/mol. The van der Waals surface area contributed by atoms with Crippen molar-refractivity contribution in [3.63, 3.8) is 0 Å². The van der Waals surface area contributed by atoms with E-state index in [1.165, 1.54) is 0 Å². The van der Waals surface area contributed by atoms with Crippen LogP contribution in [-0.4, -0.2) is 32.4 Å². The van der Waals surface area contributed by atoms with E-state index in [1.807, 2.05) is 24.7 Å². The number of hydrazine groups is 1. The summed E-state index contributed by atoms with van der Waals surface area (Å²) in [4.78, 5) is 22.4. The maximum atomic E-state index is 12.4. The van der Waals surface area contributed by atoms with E-state index in [0.29, 0.717) is 17.9 Å². The third-order valence-electron chi connectivity index (χ3n) is 2.99. The molecule has 0 bridgehead atoms. The summed E-state index contributed by atoms with van der Waals surface area (Å²) in [6.45, 7) is 2.26. The fraction of sp³-hybridized carbons (Fsp3) is 0.308. The molecular weight excluding hydrogens is 256 g/mol. The fourth-order valence-corrected chi connectivity index (χ4v) is 1.92. The van der Waals surface area contributed by atoms with E-state index in [-0.39, 0.29) is 5.91 Å². The molecule has 2 heterocycles. The number of nitrogen functional groups attached to an aromatic ring is 1. The van der Waals surface area contributed by atoms with E-state index < -0.39 is 0 Å². The summed E-state index contributed by atoms with van der Waals surface area (Å²) in [6.07, 6.45) is 3.56. The van der Waals surface area contributed by atoms with Crippen LogP contribution in [0.3, 0.4) is 0 Å². The number of carbonyl (C=O) groups is 1. The van der Waals surface area contributed by atoms with Gasteiger partial charge in [0.05, 0.1) is 6.54 Å². The van der Waals surface area contributed by atoms with Crippen LogP contribution in [-0.2, 0) is 13.6 Å². The molecule has 0 aliphatic carbocycles. The SMILES string of the molecule is Cc1cc(C(=O)N(C)Cc2nccn2C)cc(NN)n1. The maximum absolute atomic E-state index is 12.4. The number of amides is 1. The van der Waals surface area contributed by atoms with Crippen molar-refractivity contribution in [2.45, 2.75) is 13.5 Å². The zero-order chi connectivity index (χ0) is 14.7. The highest BCUT2D eigenvalue weighted by atomic mass is 16.2. The van der Waals surface area contributed by atoms with Crippen molar-refractivity contribution in [2.24, 2.45) is 12.9 Å². The molecule has 7 nitrogen and oxygen atoms in total. The summed E-state index contributed by atoms with van der Waals surface area (Å²) in [7, 11) is 3.63. The number of aromatic nitrogens is 3. The lowest BCUT2D eigenvalue weighted by molar-refractivity contribution is 0.0780. The highest BCUT2D eigenvalue weighted by molar-refractivity contribution is 5.94. The van der Waals surface area contributed by atoms with Gasteiger partial charge in [-0.3, -0.25) is 4.79 Å². The average molecular weight is 274 g/mol. The number of aryl methyl sites for hydroxylation is 2. The van der Waals surface area contributed by atoms with Crippen molar-refractivity contribution in [2.75, 3.05) is 12.5 Å². The molecule has 0 radical (unpaired) electrons. The molecule has 2 rings (SSSR count). The largest absolute Gasteiger partial charge is 0.337 e. The molecular formula is C13H18N6O. The Morgan fingerprint density at radius 3 is 2.85 bits per heavy atom. The van der Waals surface area contributed by atoms with Crippen LogP contribution in [0.5, 0.6) is 0 Å². The first-order valence-electron chi connectivity index (χ1n) is 6.18. The fourth-order valence-electron chi connectivity index (χ4n) is 1.92. The molecule has 0 aromatic carbocycles. The second-order valence-corrected chi connectivity index (χ2v) is 4.64. The predicted molar refractivity (Wildman–Crippen MR) is 75.8 cm³/mol. The van der Waals surface area contributed by atoms with Crippen molar-refractivity contribution in [3.05, 3.63) is 41.6 Å². The zero-order valence-electron chi connectivity index (χ0n) is 11.8. The van der Waals surface area contributed by atoms with E-state index in [9.17, 15) is 4.79 Å². The van der Waals surface area contributed by atoms with Crippen LogP contribution in [0.4, 0.5) is 5.82 Å². The van der Waals surface area contributed by atoms with Gasteiger partial charge in [0.2, 0.25) is 0 Å². The van der Waals surface area contributed by atoms with Gasteiger partial charge in [-0.1, -0.05) is 0 Å². The summed E-state index contributed by atoms with van der Waals surface area (Å²) >= 11 is 0. The standard InChI is InChI=1S/C13H18N6O/c1-9-6-10(7-11(16-9)17-14)13(20)19(3)8-12-15-4-5-18(12)2/h4-7H,8,14H2,1-3H3,(H,16,17). The van der Waals surface area contributed by atoms with Gasteiger partial charge in [0.15, 0.2) is 0 Å². The topological polar surface area (TPSA) is 89.1 Å². The number of rotatable bonds is 4. The number of imidazole rings is 1. The van der Waals surface area contributed by atoms with Crippen molar-refractivity contribution < 1.29 is 4.79 Å². The number of carbonyl (C=O) groups excluding carboxylic acids is 1. The summed E-state index contributed by atoms with van der Waals surface area (Å²) in [5.74, 6) is 6.53. The lowest BCUT2D eigenvalue weighted by atomic mass is 10.2. The number of hydrogen-bond donors (Lipinski definition) is 2. The lowest BCUT2D eigenvalue weighted by Crippen LogP contribution is -2.28. The third kappa shape index (κ3) is 2.94. The van der Waals surface area contributed by atoms with Crippen LogP contribution >= 0.6 is 0 Å². The highest BCUT2D eigenvalue weighted by Gasteiger charge is 2.15. The van der Waals surface area contributed by atoms with Gasteiger partial charge in [-0.15, -0.1) is 0 Å². The van der Waals surface area contributed by atoms with Gasteiger partial charge in [0.25, 0.3) is 5.91 Å². The first-order valence-corrected chi connectivity index (χ1v) is 6.18. The van der Waals surface area contributed by atoms with E-state index in [0.717, 1.165) is 11.5 Å². The molecule has 0 atom stereocenters. The first-order chi connectivity index (χ1) is 9.51. The van der Waals surface area contributed by atoms with Gasteiger partial charge in [-0.2, -0.15) is 0 Å². The van der Waals surface area contributed by atoms with Gasteiger partial charge in [-0.05, 0) is 19.1 Å². The Kier molecular flexibility index (Phi) is 3.99. The van der Waals surface area contributed by atoms with Gasteiger partial charge in [0.1, 0.15) is 11.6 Å². The second kappa shape index (κ2) is 5.70. The zero-order valence-corrected chi connectivity index (χ0v) is 11.8. The van der Waals surface area contributed by atoms with Crippen LogP contribution in [0.1, 0.15) is 21.9 Å². The number of anilines is 1. The lowest BCUT2D eigenvalue weighted by Gasteiger charge is -2.17. The Labute approximate surface area is 117 Å². The van der Waals surface area contributed by atoms with Gasteiger partial charge >= 0.3 is 0 Å². The molecule has 2 aromatic heterocycles. The Hall–Kier alpha value is -2.41. The Morgan fingerprint density at radius 1 is 1.50 bits per heavy atom. The molecule has 0 saturated heterocycles. The molecule has 20 heavy (non-hydrogen) atoms. The molecule has 0 unspecified atom stereocenters. The van der Waals surface area contributed by atoms with Crippen LogP contribution < -0.4 is 11.3 Å². The Morgan fingerprint density at radius 2 is 2.25 bits per heavy atom. The molecule has 1 amide bonds. The highest BCUT2D eigenvalue weighted by Crippen LogP contribution is 2.12. The minimum atomic E-state index is -0.102. The molecule has 7 heteroatoms. The number of nitrogens with zero attached hydrogens (tertiary/aromatic N) is 4. The maximum Gasteiger partial charge on any atom is 0.254 e. The smallest absolute Gasteiger partial charge is 0.254 e. The normalized spacial score (nSPS) is 10.4. The van der Waals surface area contributed by atoms with Gasteiger partial charge in [-0.25, -0.2) is 15.8 Å². The van der Waals surface area contributed by atoms with Gasteiger partial charge < -0.3 is 14.9 Å². The number of pyridine rings is 1. The molecule has 0 saturated carbocycles. The number of hydrogen-bond acceptors (Lipinski definition) is 5. The quantitative estimate of drug-likeness (QED) is 0.632. The number of nitrogens with two attached hydrogens (primary N) is 1. The molecule has 2 aromatic rings. The van der Waals surface area contributed by atoms with Gasteiger partial charge in [0, 0.05) is 37.7 Å². The Bertz CT molecular complexity index is 621. The van der Waals surface area contributed by atoms with Crippen molar-refractivity contribution in [1.82, 2.24) is 19.4 Å². The summed E-state index contributed by atoms with van der Waals surface area (Å²) < 4.78 is 1.88. The van der Waals surface area contributed by atoms with Crippen molar-refractivity contribution >= 4 is 11.7 Å². The predicted octanol–water partition coefficient (Wildman–Crippen LogP) is 0.681. The summed E-state index contributed by atoms with van der Waals surface area (Å²) in [5, 5.41) is 0. The Balaban J connectivity index is 2.18. The molecule has 0 fully saturated rings. The second-order valence-electron chi connectivity index (χ2n) is 4.64. The minimum Gasteiger partial charge on any atom is -0.337 e. The van der Waals surface area contributed by atoms with Crippen LogP contribution in [0.25, 0.3) is 0 Å². The van der Waals surface area contributed by atoms with E-state index >= 15 is 0 Å². The minimum absolute atomic E-state index is 0.102. The van der Waals surface area contributed by atoms with E-state index in [2.05, 4.69) is 15.4 Å². The van der Waals surface area contributed by atoms with E-state index in [1.54, 1.807) is 30.3 Å². The first kappa shape index (κ1) is 14.0. The molecule has 3 N–H and O–H groups in total. The van der Waals surface area contributed by atoms with E-state index in [4.69, 9.17) is 5.84 Å². The van der Waals surface area contributed by atoms with Crippen LogP contribution in [0.2, 0.25) is 0 Å². The van der Waals surface area contributed by atoms with Crippen LogP contribution in [0.15, 0.2) is 24.5 Å².